The van der Waals surface area contributed by atoms with Gasteiger partial charge in [-0.25, -0.2) is 0 Å². The highest BCUT2D eigenvalue weighted by Gasteiger charge is 2.04. The van der Waals surface area contributed by atoms with Gasteiger partial charge in [0.25, 0.3) is 0 Å². The van der Waals surface area contributed by atoms with Crippen LogP contribution in [0.15, 0.2) is 23.3 Å². The van der Waals surface area contributed by atoms with E-state index in [1.165, 1.54) is 19.3 Å². The van der Waals surface area contributed by atoms with Crippen LogP contribution in [-0.2, 0) is 0 Å². The molecule has 0 bridgehead atoms. The molecule has 0 N–H and O–H groups in total. The van der Waals surface area contributed by atoms with Crippen molar-refractivity contribution in [2.24, 2.45) is 0 Å². The Morgan fingerprint density at radius 3 is 2.56 bits per heavy atom. The van der Waals surface area contributed by atoms with E-state index in [1.54, 1.807) is 11.8 Å². The van der Waals surface area contributed by atoms with Gasteiger partial charge in [-0.05, 0) is 37.6 Å². The lowest BCUT2D eigenvalue weighted by atomic mass is 10.1. The Morgan fingerprint density at radius 2 is 2.00 bits per heavy atom. The van der Waals surface area contributed by atoms with Crippen molar-refractivity contribution < 1.29 is 0 Å². The van der Waals surface area contributed by atoms with E-state index >= 15 is 0 Å². The van der Waals surface area contributed by atoms with Crippen LogP contribution in [0.1, 0.15) is 33.1 Å². The molecule has 16 heavy (non-hydrogen) atoms. The second kappa shape index (κ2) is 7.40. The monoisotopic (exact) mass is 236 g/mol. The van der Waals surface area contributed by atoms with E-state index in [9.17, 15) is 0 Å². The molecule has 1 heterocycles. The second-order valence-electron chi connectivity index (χ2n) is 4.25. The number of likely N-dealkylation sites (tertiary alicyclic amines) is 1. The first-order chi connectivity index (χ1) is 7.72. The van der Waals surface area contributed by atoms with E-state index < -0.39 is 0 Å². The topological polar surface area (TPSA) is 27.0 Å². The van der Waals surface area contributed by atoms with Gasteiger partial charge in [-0.15, -0.1) is 11.8 Å². The molecule has 1 aliphatic heterocycles. The average molecular weight is 236 g/mol. The summed E-state index contributed by atoms with van der Waals surface area (Å²) < 4.78 is 0. The first-order valence-corrected chi connectivity index (χ1v) is 6.79. The molecule has 0 spiro atoms. The van der Waals surface area contributed by atoms with Gasteiger partial charge in [0.2, 0.25) is 0 Å². The van der Waals surface area contributed by atoms with Crippen LogP contribution >= 0.6 is 11.8 Å². The smallest absolute Gasteiger partial charge is 0.106 e. The van der Waals surface area contributed by atoms with Crippen LogP contribution in [0.2, 0.25) is 0 Å². The van der Waals surface area contributed by atoms with Crippen LogP contribution in [0.3, 0.4) is 0 Å². The quantitative estimate of drug-likeness (QED) is 0.552. The number of nitrogens with zero attached hydrogens (tertiary/aromatic N) is 2. The van der Waals surface area contributed by atoms with Crippen molar-refractivity contribution in [3.05, 3.63) is 23.3 Å². The van der Waals surface area contributed by atoms with E-state index in [2.05, 4.69) is 31.0 Å². The van der Waals surface area contributed by atoms with Gasteiger partial charge in [0.15, 0.2) is 0 Å². The summed E-state index contributed by atoms with van der Waals surface area (Å²) in [5.41, 5.74) is 0. The van der Waals surface area contributed by atoms with E-state index in [-0.39, 0.29) is 0 Å². The Bertz CT molecular complexity index is 294. The minimum Gasteiger partial charge on any atom is -0.377 e. The summed E-state index contributed by atoms with van der Waals surface area (Å²) in [7, 11) is 0. The molecule has 0 atom stereocenters. The Morgan fingerprint density at radius 1 is 1.31 bits per heavy atom. The molecular formula is C13H20N2S. The molecule has 3 heteroatoms. The molecule has 0 unspecified atom stereocenters. The van der Waals surface area contributed by atoms with Crippen molar-refractivity contribution in [3.63, 3.8) is 0 Å². The maximum absolute atomic E-state index is 8.93. The molecule has 0 aromatic heterocycles. The Kier molecular flexibility index (Phi) is 6.10. The van der Waals surface area contributed by atoms with Gasteiger partial charge < -0.3 is 4.90 Å². The molecule has 1 aliphatic rings. The third-order valence-electron chi connectivity index (χ3n) is 2.41. The van der Waals surface area contributed by atoms with Gasteiger partial charge in [0, 0.05) is 18.3 Å². The normalized spacial score (nSPS) is 18.1. The molecule has 2 nitrogen and oxygen atoms in total. The first-order valence-electron chi connectivity index (χ1n) is 5.91. The van der Waals surface area contributed by atoms with Crippen molar-refractivity contribution in [1.29, 1.82) is 5.26 Å². The SMILES string of the molecule is CC(C)SC(C#N)=CC=CN1CCCCC1. The summed E-state index contributed by atoms with van der Waals surface area (Å²) >= 11 is 1.62. The zero-order chi connectivity index (χ0) is 11.8. The molecule has 1 fully saturated rings. The van der Waals surface area contributed by atoms with Crippen LogP contribution < -0.4 is 0 Å². The van der Waals surface area contributed by atoms with Crippen molar-refractivity contribution in [3.8, 4) is 6.07 Å². The average Bonchev–Trinajstić information content (AvgIpc) is 2.28. The maximum Gasteiger partial charge on any atom is 0.106 e. The lowest BCUT2D eigenvalue weighted by Crippen LogP contribution is -2.23. The molecule has 0 aromatic rings. The fraction of sp³-hybridized carbons (Fsp3) is 0.615. The summed E-state index contributed by atoms with van der Waals surface area (Å²) in [5.74, 6) is 0. The molecule has 0 aromatic carbocycles. The van der Waals surface area contributed by atoms with E-state index in [1.807, 2.05) is 12.2 Å². The Balaban J connectivity index is 2.42. The summed E-state index contributed by atoms with van der Waals surface area (Å²) in [6.45, 7) is 6.52. The van der Waals surface area contributed by atoms with Gasteiger partial charge >= 0.3 is 0 Å². The van der Waals surface area contributed by atoms with Crippen molar-refractivity contribution in [2.45, 2.75) is 38.4 Å². The molecule has 1 rings (SSSR count). The first kappa shape index (κ1) is 13.2. The zero-order valence-corrected chi connectivity index (χ0v) is 11.0. The summed E-state index contributed by atoms with van der Waals surface area (Å²) in [6.07, 6.45) is 9.96. The van der Waals surface area contributed by atoms with Crippen LogP contribution in [0.4, 0.5) is 0 Å². The third kappa shape index (κ3) is 5.27. The lowest BCUT2D eigenvalue weighted by Gasteiger charge is -2.24. The highest BCUT2D eigenvalue weighted by Crippen LogP contribution is 2.20. The maximum atomic E-state index is 8.93. The molecule has 88 valence electrons. The van der Waals surface area contributed by atoms with Gasteiger partial charge in [0.05, 0.1) is 4.91 Å². The minimum absolute atomic E-state index is 0.467. The number of hydrogen-bond acceptors (Lipinski definition) is 3. The van der Waals surface area contributed by atoms with Crippen molar-refractivity contribution >= 4 is 11.8 Å². The molecular weight excluding hydrogens is 216 g/mol. The van der Waals surface area contributed by atoms with Crippen molar-refractivity contribution in [2.75, 3.05) is 13.1 Å². The van der Waals surface area contributed by atoms with Crippen LogP contribution in [0.5, 0.6) is 0 Å². The fourth-order valence-corrected chi connectivity index (χ4v) is 2.39. The molecule has 0 amide bonds. The zero-order valence-electron chi connectivity index (χ0n) is 10.1. The van der Waals surface area contributed by atoms with Crippen LogP contribution in [-0.4, -0.2) is 23.2 Å². The fourth-order valence-electron chi connectivity index (χ4n) is 1.68. The van der Waals surface area contributed by atoms with E-state index in [4.69, 9.17) is 5.26 Å². The number of allylic oxidation sites excluding steroid dienone is 3. The Hall–Kier alpha value is -0.880. The molecule has 0 radical (unpaired) electrons. The molecule has 1 saturated heterocycles. The largest absolute Gasteiger partial charge is 0.377 e. The molecule has 0 aliphatic carbocycles. The van der Waals surface area contributed by atoms with Gasteiger partial charge in [-0.1, -0.05) is 13.8 Å². The van der Waals surface area contributed by atoms with Crippen LogP contribution in [0.25, 0.3) is 0 Å². The van der Waals surface area contributed by atoms with Crippen LogP contribution in [0, 0.1) is 11.3 Å². The lowest BCUT2D eigenvalue weighted by molar-refractivity contribution is 0.309. The Labute approximate surface area is 103 Å². The number of thioether (sulfide) groups is 1. The summed E-state index contributed by atoms with van der Waals surface area (Å²) in [4.78, 5) is 3.12. The highest BCUT2D eigenvalue weighted by atomic mass is 32.2. The van der Waals surface area contributed by atoms with E-state index in [0.717, 1.165) is 18.0 Å². The minimum atomic E-state index is 0.467. The predicted molar refractivity (Wildman–Crippen MR) is 71.0 cm³/mol. The van der Waals surface area contributed by atoms with Gasteiger partial charge in [-0.3, -0.25) is 0 Å². The predicted octanol–water partition coefficient (Wildman–Crippen LogP) is 3.54. The second-order valence-corrected chi connectivity index (χ2v) is 5.87. The number of rotatable bonds is 4. The number of nitriles is 1. The van der Waals surface area contributed by atoms with Gasteiger partial charge in [-0.2, -0.15) is 5.26 Å². The third-order valence-corrected chi connectivity index (χ3v) is 3.36. The number of hydrogen-bond donors (Lipinski definition) is 0. The number of piperidine rings is 1. The summed E-state index contributed by atoms with van der Waals surface area (Å²) in [6, 6.07) is 2.23. The summed E-state index contributed by atoms with van der Waals surface area (Å²) in [5, 5.41) is 9.39. The standard InChI is InChI=1S/C13H20N2S/c1-12(2)16-13(11-14)7-6-10-15-8-4-3-5-9-15/h6-7,10,12H,3-5,8-9H2,1-2H3. The van der Waals surface area contributed by atoms with Crippen molar-refractivity contribution in [1.82, 2.24) is 4.90 Å². The highest BCUT2D eigenvalue weighted by molar-refractivity contribution is 8.03. The van der Waals surface area contributed by atoms with E-state index in [0.29, 0.717) is 5.25 Å². The molecule has 0 saturated carbocycles. The van der Waals surface area contributed by atoms with Gasteiger partial charge in [0.1, 0.15) is 6.07 Å².